The third-order valence-corrected chi connectivity index (χ3v) is 9.32. The second-order valence-corrected chi connectivity index (χ2v) is 11.8. The molecular weight excluding hydrogens is 501 g/mol. The van der Waals surface area contributed by atoms with Crippen LogP contribution >= 0.6 is 0 Å². The first-order chi connectivity index (χ1) is 18.9. The molecule has 4 atom stereocenters. The highest BCUT2D eigenvalue weighted by Gasteiger charge is 2.50. The smallest absolute Gasteiger partial charge is 0.318 e. The van der Waals surface area contributed by atoms with Crippen molar-refractivity contribution >= 4 is 11.5 Å². The maximum absolute atomic E-state index is 14.4. The van der Waals surface area contributed by atoms with Gasteiger partial charge in [0.15, 0.2) is 0 Å². The minimum atomic E-state index is -0.802. The highest BCUT2D eigenvalue weighted by molar-refractivity contribution is 5.54. The van der Waals surface area contributed by atoms with E-state index in [2.05, 4.69) is 16.7 Å². The largest absolute Gasteiger partial charge is 0.461 e. The molecule has 0 amide bonds. The molecule has 2 N–H and O–H groups in total. The number of ether oxygens (including phenoxy) is 4. The molecule has 6 heterocycles. The Bertz CT molecular complexity index is 1240. The number of anilines is 2. The summed E-state index contributed by atoms with van der Waals surface area (Å²) in [5, 5.41) is 0. The number of nitrogens with two attached hydrogens (primary N) is 1. The Morgan fingerprint density at radius 2 is 2.10 bits per heavy atom. The van der Waals surface area contributed by atoms with Gasteiger partial charge in [-0.15, -0.1) is 0 Å². The van der Waals surface area contributed by atoms with Crippen molar-refractivity contribution < 1.29 is 23.3 Å². The molecule has 3 saturated heterocycles. The minimum Gasteiger partial charge on any atom is -0.461 e. The van der Waals surface area contributed by atoms with Crippen LogP contribution in [0.15, 0.2) is 18.2 Å². The van der Waals surface area contributed by atoms with Crippen LogP contribution in [0.3, 0.4) is 0 Å². The van der Waals surface area contributed by atoms with Crippen LogP contribution in [0.5, 0.6) is 6.01 Å². The van der Waals surface area contributed by atoms with E-state index in [1.54, 1.807) is 0 Å². The van der Waals surface area contributed by atoms with E-state index in [0.29, 0.717) is 57.5 Å². The summed E-state index contributed by atoms with van der Waals surface area (Å²) in [6.07, 6.45) is 3.15. The average molecular weight is 540 g/mol. The van der Waals surface area contributed by atoms with Crippen LogP contribution in [0.4, 0.5) is 15.9 Å². The van der Waals surface area contributed by atoms with Crippen LogP contribution < -0.4 is 15.4 Å². The zero-order chi connectivity index (χ0) is 26.6. The zero-order valence-corrected chi connectivity index (χ0v) is 22.7. The van der Waals surface area contributed by atoms with Crippen LogP contribution in [0.2, 0.25) is 0 Å². The molecule has 1 aromatic carbocycles. The number of hydrogen-bond acceptors (Lipinski definition) is 9. The number of benzene rings is 1. The standard InChI is InChI=1S/C29H38FN5O4/c1-19-22-5-4-21(31)12-24(22)29(18-37-19)14-25-23(16-39-29)26(34-7-3-10-36-11-9-34)33-27(32-25)38-17-28-6-2-8-35(28)15-20(30)13-28/h4-5,12,19-20H,2-3,6-11,13-18,31H2,1H3/t19-,20-,28+,29-/m1/s1. The number of hydrogen-bond donors (Lipinski definition) is 1. The van der Waals surface area contributed by atoms with Gasteiger partial charge in [-0.1, -0.05) is 6.07 Å². The Morgan fingerprint density at radius 1 is 1.18 bits per heavy atom. The fourth-order valence-corrected chi connectivity index (χ4v) is 7.27. The van der Waals surface area contributed by atoms with Crippen LogP contribution in [0.25, 0.3) is 0 Å². The summed E-state index contributed by atoms with van der Waals surface area (Å²) in [6.45, 7) is 7.65. The van der Waals surface area contributed by atoms with Crippen molar-refractivity contribution in [2.24, 2.45) is 0 Å². The molecule has 39 heavy (non-hydrogen) atoms. The summed E-state index contributed by atoms with van der Waals surface area (Å²) >= 11 is 0. The minimum absolute atomic E-state index is 0.0347. The molecule has 0 aliphatic carbocycles. The lowest BCUT2D eigenvalue weighted by molar-refractivity contribution is -0.148. The Balaban J connectivity index is 1.25. The molecule has 7 rings (SSSR count). The second-order valence-electron chi connectivity index (χ2n) is 11.8. The molecule has 3 fully saturated rings. The monoisotopic (exact) mass is 539 g/mol. The number of halogens is 1. The zero-order valence-electron chi connectivity index (χ0n) is 22.7. The molecular formula is C29H38FN5O4. The van der Waals surface area contributed by atoms with Gasteiger partial charge < -0.3 is 29.6 Å². The van der Waals surface area contributed by atoms with Crippen LogP contribution in [-0.2, 0) is 32.8 Å². The van der Waals surface area contributed by atoms with Crippen molar-refractivity contribution in [2.75, 3.05) is 63.2 Å². The number of rotatable bonds is 4. The van der Waals surface area contributed by atoms with Gasteiger partial charge in [0, 0.05) is 50.3 Å². The maximum atomic E-state index is 14.4. The lowest BCUT2D eigenvalue weighted by Gasteiger charge is -2.44. The number of fused-ring (bicyclic) bond motifs is 4. The average Bonchev–Trinajstić information content (AvgIpc) is 3.31. The normalized spacial score (nSPS) is 32.5. The molecule has 9 nitrogen and oxygen atoms in total. The fraction of sp³-hybridized carbons (Fsp3) is 0.655. The van der Waals surface area contributed by atoms with Gasteiger partial charge in [-0.25, -0.2) is 4.39 Å². The van der Waals surface area contributed by atoms with E-state index in [9.17, 15) is 4.39 Å². The van der Waals surface area contributed by atoms with Crippen molar-refractivity contribution in [1.82, 2.24) is 14.9 Å². The fourth-order valence-electron chi connectivity index (χ4n) is 7.27. The van der Waals surface area contributed by atoms with Gasteiger partial charge in [0.05, 0.1) is 37.2 Å². The molecule has 0 unspecified atom stereocenters. The molecule has 2 aromatic rings. The molecule has 1 spiro atoms. The third-order valence-electron chi connectivity index (χ3n) is 9.32. The van der Waals surface area contributed by atoms with E-state index < -0.39 is 11.8 Å². The van der Waals surface area contributed by atoms with Gasteiger partial charge in [0.1, 0.15) is 24.2 Å². The first-order valence-corrected chi connectivity index (χ1v) is 14.3. The molecule has 10 heteroatoms. The molecule has 5 aliphatic heterocycles. The van der Waals surface area contributed by atoms with Gasteiger partial charge in [-0.3, -0.25) is 4.90 Å². The topological polar surface area (TPSA) is 95.2 Å². The van der Waals surface area contributed by atoms with Crippen LogP contribution in [0, 0.1) is 0 Å². The van der Waals surface area contributed by atoms with E-state index in [4.69, 9.17) is 34.6 Å². The molecule has 5 aliphatic rings. The second kappa shape index (κ2) is 9.83. The molecule has 1 aromatic heterocycles. The van der Waals surface area contributed by atoms with Gasteiger partial charge in [-0.2, -0.15) is 9.97 Å². The van der Waals surface area contributed by atoms with Crippen molar-refractivity contribution in [2.45, 2.75) is 69.1 Å². The van der Waals surface area contributed by atoms with Crippen LogP contribution in [0.1, 0.15) is 61.1 Å². The Morgan fingerprint density at radius 3 is 3.03 bits per heavy atom. The quantitative estimate of drug-likeness (QED) is 0.587. The maximum Gasteiger partial charge on any atom is 0.318 e. The number of aromatic nitrogens is 2. The van der Waals surface area contributed by atoms with Gasteiger partial charge in [0.25, 0.3) is 0 Å². The van der Waals surface area contributed by atoms with Crippen molar-refractivity contribution in [3.8, 4) is 6.01 Å². The molecule has 0 saturated carbocycles. The highest BCUT2D eigenvalue weighted by atomic mass is 19.1. The van der Waals surface area contributed by atoms with Gasteiger partial charge in [-0.05, 0) is 56.0 Å². The summed E-state index contributed by atoms with van der Waals surface area (Å²) in [5.74, 6) is 0.851. The van der Waals surface area contributed by atoms with E-state index in [0.717, 1.165) is 73.7 Å². The summed E-state index contributed by atoms with van der Waals surface area (Å²) in [7, 11) is 0. The summed E-state index contributed by atoms with van der Waals surface area (Å²) in [5.41, 5.74) is 10.1. The predicted molar refractivity (Wildman–Crippen MR) is 144 cm³/mol. The Kier molecular flexibility index (Phi) is 6.41. The predicted octanol–water partition coefficient (Wildman–Crippen LogP) is 3.30. The SMILES string of the molecule is C[C@H]1OC[C@]2(Cc3nc(OC[C@@]45CCCN4C[C@H](F)C5)nc(N4CCCOCC4)c3CO2)c2cc(N)ccc21. The van der Waals surface area contributed by atoms with E-state index >= 15 is 0 Å². The van der Waals surface area contributed by atoms with E-state index in [1.165, 1.54) is 0 Å². The summed E-state index contributed by atoms with van der Waals surface area (Å²) in [6, 6.07) is 6.33. The number of nitrogens with zero attached hydrogens (tertiary/aromatic N) is 4. The van der Waals surface area contributed by atoms with Crippen molar-refractivity contribution in [3.05, 3.63) is 40.6 Å². The van der Waals surface area contributed by atoms with Crippen LogP contribution in [-0.4, -0.2) is 79.2 Å². The number of alkyl halides is 1. The Labute approximate surface area is 228 Å². The lowest BCUT2D eigenvalue weighted by Crippen LogP contribution is -2.45. The molecule has 210 valence electrons. The molecule has 0 radical (unpaired) electrons. The van der Waals surface area contributed by atoms with E-state index in [1.807, 2.05) is 18.2 Å². The third kappa shape index (κ3) is 4.45. The summed E-state index contributed by atoms with van der Waals surface area (Å²) in [4.78, 5) is 14.4. The van der Waals surface area contributed by atoms with Gasteiger partial charge >= 0.3 is 6.01 Å². The number of nitrogen functional groups attached to an aromatic ring is 1. The summed E-state index contributed by atoms with van der Waals surface area (Å²) < 4.78 is 39.4. The Hall–Kier alpha value is -2.53. The molecule has 0 bridgehead atoms. The van der Waals surface area contributed by atoms with Crippen molar-refractivity contribution in [1.29, 1.82) is 0 Å². The first-order valence-electron chi connectivity index (χ1n) is 14.3. The highest BCUT2D eigenvalue weighted by Crippen LogP contribution is 2.46. The van der Waals surface area contributed by atoms with Gasteiger partial charge in [0.2, 0.25) is 0 Å². The lowest BCUT2D eigenvalue weighted by atomic mass is 9.80. The first kappa shape index (κ1) is 25.4. The van der Waals surface area contributed by atoms with E-state index in [-0.39, 0.29) is 11.6 Å². The van der Waals surface area contributed by atoms with Crippen molar-refractivity contribution in [3.63, 3.8) is 0 Å².